The lowest BCUT2D eigenvalue weighted by atomic mass is 9.66. The molecule has 2 aliphatic carbocycles. The molecule has 0 N–H and O–H groups in total. The third kappa shape index (κ3) is 0.863. The number of piperidine rings is 1. The van der Waals surface area contributed by atoms with E-state index >= 15 is 0 Å². The molecule has 17 heavy (non-hydrogen) atoms. The number of hydrogen-bond donors (Lipinski definition) is 0. The molecule has 4 bridgehead atoms. The maximum absolute atomic E-state index is 12.1. The molecule has 0 aromatic carbocycles. The van der Waals surface area contributed by atoms with E-state index in [9.17, 15) is 10.1 Å². The fraction of sp³-hybridized carbons (Fsp3) is 0.857. The van der Waals surface area contributed by atoms with Gasteiger partial charge in [-0.2, -0.15) is 5.26 Å². The zero-order valence-corrected chi connectivity index (χ0v) is 10.9. The van der Waals surface area contributed by atoms with Crippen LogP contribution in [0, 0.1) is 28.1 Å². The van der Waals surface area contributed by atoms with Gasteiger partial charge in [-0.25, -0.2) is 0 Å². The van der Waals surface area contributed by atoms with Crippen molar-refractivity contribution in [3.8, 4) is 6.07 Å². The van der Waals surface area contributed by atoms with Gasteiger partial charge in [-0.1, -0.05) is 20.8 Å². The molecule has 1 aliphatic heterocycles. The standard InChI is InChI=1S/C14H20N2O/c1-4-11(17)16-9-12(2)10-5-6-13(12,3)14(16,7-10)8-15/h10H,4-7,9H2,1-3H3/t10-,12-,13+,14-/m0/s1. The van der Waals surface area contributed by atoms with Gasteiger partial charge in [0.05, 0.1) is 6.07 Å². The van der Waals surface area contributed by atoms with Crippen LogP contribution in [-0.2, 0) is 4.79 Å². The molecule has 3 fully saturated rings. The maximum Gasteiger partial charge on any atom is 0.223 e. The van der Waals surface area contributed by atoms with Crippen LogP contribution in [0.25, 0.3) is 0 Å². The van der Waals surface area contributed by atoms with Crippen molar-refractivity contribution in [1.82, 2.24) is 4.90 Å². The summed E-state index contributed by atoms with van der Waals surface area (Å²) in [7, 11) is 0. The number of hydrogen-bond acceptors (Lipinski definition) is 2. The summed E-state index contributed by atoms with van der Waals surface area (Å²) in [5, 5.41) is 9.72. The second-order valence-electron chi connectivity index (χ2n) is 6.49. The van der Waals surface area contributed by atoms with Crippen molar-refractivity contribution < 1.29 is 4.79 Å². The lowest BCUT2D eigenvalue weighted by Gasteiger charge is -2.43. The first kappa shape index (κ1) is 11.1. The molecule has 0 radical (unpaired) electrons. The molecule has 0 spiro atoms. The normalized spacial score (nSPS) is 50.7. The summed E-state index contributed by atoms with van der Waals surface area (Å²) in [4.78, 5) is 14.0. The maximum atomic E-state index is 12.1. The predicted molar refractivity (Wildman–Crippen MR) is 63.9 cm³/mol. The molecule has 3 nitrogen and oxygen atoms in total. The number of amides is 1. The van der Waals surface area contributed by atoms with E-state index in [0.717, 1.165) is 19.4 Å². The minimum absolute atomic E-state index is 0.0181. The van der Waals surface area contributed by atoms with E-state index in [2.05, 4.69) is 19.9 Å². The summed E-state index contributed by atoms with van der Waals surface area (Å²) in [5.74, 6) is 0.801. The third-order valence-electron chi connectivity index (χ3n) is 6.34. The van der Waals surface area contributed by atoms with E-state index in [1.165, 1.54) is 6.42 Å². The Bertz CT molecular complexity index is 440. The molecule has 3 aliphatic rings. The van der Waals surface area contributed by atoms with Crippen molar-refractivity contribution in [2.24, 2.45) is 16.7 Å². The number of nitrogens with zero attached hydrogens (tertiary/aromatic N) is 2. The monoisotopic (exact) mass is 232 g/mol. The topological polar surface area (TPSA) is 44.1 Å². The highest BCUT2D eigenvalue weighted by Crippen LogP contribution is 2.75. The summed E-state index contributed by atoms with van der Waals surface area (Å²) in [6.45, 7) is 7.23. The first-order valence-electron chi connectivity index (χ1n) is 6.67. The Balaban J connectivity index is 2.13. The highest BCUT2D eigenvalue weighted by atomic mass is 16.2. The first-order chi connectivity index (χ1) is 7.95. The quantitative estimate of drug-likeness (QED) is 0.696. The second kappa shape index (κ2) is 2.85. The van der Waals surface area contributed by atoms with E-state index in [4.69, 9.17) is 0 Å². The van der Waals surface area contributed by atoms with E-state index < -0.39 is 5.54 Å². The Morgan fingerprint density at radius 2 is 2.24 bits per heavy atom. The Hall–Kier alpha value is -1.04. The number of carbonyl (C=O) groups is 1. The van der Waals surface area contributed by atoms with Gasteiger partial charge in [-0.15, -0.1) is 0 Å². The molecule has 0 aromatic rings. The van der Waals surface area contributed by atoms with Crippen LogP contribution in [0.3, 0.4) is 0 Å². The highest BCUT2D eigenvalue weighted by molar-refractivity contribution is 5.79. The minimum atomic E-state index is -0.502. The van der Waals surface area contributed by atoms with Gasteiger partial charge in [0.15, 0.2) is 0 Å². The van der Waals surface area contributed by atoms with Crippen LogP contribution in [0.5, 0.6) is 0 Å². The number of rotatable bonds is 1. The summed E-state index contributed by atoms with van der Waals surface area (Å²) >= 11 is 0. The van der Waals surface area contributed by atoms with Crippen molar-refractivity contribution in [3.05, 3.63) is 0 Å². The average molecular weight is 232 g/mol. The van der Waals surface area contributed by atoms with Gasteiger partial charge in [-0.3, -0.25) is 4.79 Å². The van der Waals surface area contributed by atoms with Gasteiger partial charge in [0.1, 0.15) is 5.54 Å². The van der Waals surface area contributed by atoms with Crippen LogP contribution in [0.1, 0.15) is 46.5 Å². The van der Waals surface area contributed by atoms with Crippen molar-refractivity contribution in [3.63, 3.8) is 0 Å². The van der Waals surface area contributed by atoms with Crippen molar-refractivity contribution in [1.29, 1.82) is 5.26 Å². The van der Waals surface area contributed by atoms with Gasteiger partial charge >= 0.3 is 0 Å². The molecular formula is C14H20N2O. The summed E-state index contributed by atoms with van der Waals surface area (Å²) in [5.41, 5.74) is -0.310. The molecule has 2 saturated carbocycles. The fourth-order valence-corrected chi connectivity index (χ4v) is 5.00. The SMILES string of the molecule is CCC(=O)N1C[C@@]2(C)[C@H]3CC[C@@]2(C)[C@@]1(C#N)C3. The number of nitriles is 1. The lowest BCUT2D eigenvalue weighted by molar-refractivity contribution is -0.137. The third-order valence-corrected chi connectivity index (χ3v) is 6.34. The summed E-state index contributed by atoms with van der Waals surface area (Å²) in [6, 6.07) is 2.54. The van der Waals surface area contributed by atoms with E-state index in [1.807, 2.05) is 11.8 Å². The van der Waals surface area contributed by atoms with Gasteiger partial charge in [0.25, 0.3) is 0 Å². The Kier molecular flexibility index (Phi) is 1.86. The summed E-state index contributed by atoms with van der Waals surface area (Å²) < 4.78 is 0. The van der Waals surface area contributed by atoms with E-state index in [-0.39, 0.29) is 16.7 Å². The molecule has 4 atom stereocenters. The Morgan fingerprint density at radius 3 is 2.76 bits per heavy atom. The zero-order chi connectivity index (χ0) is 12.5. The molecule has 3 rings (SSSR count). The second-order valence-corrected chi connectivity index (χ2v) is 6.49. The fourth-order valence-electron chi connectivity index (χ4n) is 5.00. The van der Waals surface area contributed by atoms with Crippen molar-refractivity contribution in [2.75, 3.05) is 6.54 Å². The number of carbonyl (C=O) groups excluding carboxylic acids is 1. The molecule has 92 valence electrons. The van der Waals surface area contributed by atoms with Crippen LogP contribution in [0.2, 0.25) is 0 Å². The van der Waals surface area contributed by atoms with Crippen molar-refractivity contribution >= 4 is 5.91 Å². The number of likely N-dealkylation sites (tertiary alicyclic amines) is 1. The predicted octanol–water partition coefficient (Wildman–Crippen LogP) is 2.33. The van der Waals surface area contributed by atoms with Crippen LogP contribution in [-0.4, -0.2) is 22.9 Å². The Labute approximate surface area is 103 Å². The van der Waals surface area contributed by atoms with Gasteiger partial charge in [-0.05, 0) is 30.6 Å². The molecule has 1 heterocycles. The molecule has 1 amide bonds. The van der Waals surface area contributed by atoms with Crippen LogP contribution in [0.15, 0.2) is 0 Å². The molecule has 1 saturated heterocycles. The van der Waals surface area contributed by atoms with Crippen LogP contribution >= 0.6 is 0 Å². The van der Waals surface area contributed by atoms with E-state index in [0.29, 0.717) is 12.3 Å². The van der Waals surface area contributed by atoms with Gasteiger partial charge in [0.2, 0.25) is 5.91 Å². The Morgan fingerprint density at radius 1 is 1.53 bits per heavy atom. The zero-order valence-electron chi connectivity index (χ0n) is 10.9. The summed E-state index contributed by atoms with van der Waals surface area (Å²) in [6.07, 6.45) is 3.77. The molecule has 0 aromatic heterocycles. The lowest BCUT2D eigenvalue weighted by Crippen LogP contribution is -2.54. The minimum Gasteiger partial charge on any atom is -0.323 e. The van der Waals surface area contributed by atoms with E-state index in [1.54, 1.807) is 0 Å². The van der Waals surface area contributed by atoms with Gasteiger partial charge in [0, 0.05) is 18.4 Å². The van der Waals surface area contributed by atoms with Crippen LogP contribution < -0.4 is 0 Å². The van der Waals surface area contributed by atoms with Gasteiger partial charge < -0.3 is 4.90 Å². The average Bonchev–Trinajstić information content (AvgIpc) is 2.78. The van der Waals surface area contributed by atoms with Crippen LogP contribution in [0.4, 0.5) is 0 Å². The molecule has 3 heteroatoms. The van der Waals surface area contributed by atoms with Crippen molar-refractivity contribution in [2.45, 2.75) is 52.0 Å². The highest BCUT2D eigenvalue weighted by Gasteiger charge is 2.78. The first-order valence-corrected chi connectivity index (χ1v) is 6.67. The molecular weight excluding hydrogens is 212 g/mol. The molecule has 0 unspecified atom stereocenters. The largest absolute Gasteiger partial charge is 0.323 e. The smallest absolute Gasteiger partial charge is 0.223 e.